The van der Waals surface area contributed by atoms with Gasteiger partial charge in [-0.15, -0.1) is 0 Å². The van der Waals surface area contributed by atoms with Crippen molar-refractivity contribution in [1.29, 1.82) is 0 Å². The van der Waals surface area contributed by atoms with Crippen molar-refractivity contribution in [1.82, 2.24) is 20.0 Å². The first-order valence-electron chi connectivity index (χ1n) is 9.40. The average molecular weight is 436 g/mol. The molecule has 0 unspecified atom stereocenters. The Morgan fingerprint density at radius 3 is 2.58 bits per heavy atom. The Balaban J connectivity index is 1.33. The van der Waals surface area contributed by atoms with E-state index in [0.717, 1.165) is 22.3 Å². The van der Waals surface area contributed by atoms with Gasteiger partial charge in [0.15, 0.2) is 0 Å². The first kappa shape index (κ1) is 20.5. The number of halogens is 1. The van der Waals surface area contributed by atoms with E-state index in [9.17, 15) is 18.8 Å². The molecular weight excluding hydrogens is 419 g/mol. The molecule has 1 aliphatic rings. The number of imide groups is 1. The lowest BCUT2D eigenvalue weighted by Crippen LogP contribution is -2.37. The molecule has 3 amide bonds. The zero-order valence-corrected chi connectivity index (χ0v) is 17.0. The second kappa shape index (κ2) is 8.97. The van der Waals surface area contributed by atoms with Crippen LogP contribution in [0.25, 0.3) is 11.8 Å². The van der Waals surface area contributed by atoms with Crippen molar-refractivity contribution in [3.63, 3.8) is 0 Å². The Morgan fingerprint density at radius 1 is 1.10 bits per heavy atom. The van der Waals surface area contributed by atoms with Crippen LogP contribution in [0.15, 0.2) is 71.9 Å². The van der Waals surface area contributed by atoms with E-state index in [0.29, 0.717) is 11.1 Å². The third kappa shape index (κ3) is 4.72. The highest BCUT2D eigenvalue weighted by Crippen LogP contribution is 2.31. The molecule has 9 heteroatoms. The van der Waals surface area contributed by atoms with Crippen LogP contribution in [0.4, 0.5) is 9.18 Å². The van der Waals surface area contributed by atoms with Gasteiger partial charge in [-0.1, -0.05) is 30.3 Å². The molecule has 1 saturated heterocycles. The molecule has 1 fully saturated rings. The lowest BCUT2D eigenvalue weighted by Gasteiger charge is -2.12. The molecule has 0 spiro atoms. The molecular formula is C22H17FN4O3S. The number of thioether (sulfide) groups is 1. The fourth-order valence-corrected chi connectivity index (χ4v) is 3.81. The average Bonchev–Trinajstić information content (AvgIpc) is 3.37. The Morgan fingerprint density at radius 2 is 1.84 bits per heavy atom. The van der Waals surface area contributed by atoms with E-state index >= 15 is 0 Å². The van der Waals surface area contributed by atoms with Gasteiger partial charge in [-0.05, 0) is 47.7 Å². The highest BCUT2D eigenvalue weighted by atomic mass is 32.2. The molecule has 0 saturated carbocycles. The molecule has 0 radical (unpaired) electrons. The number of para-hydroxylation sites is 1. The number of hydrogen-bond acceptors (Lipinski definition) is 5. The molecule has 0 atom stereocenters. The summed E-state index contributed by atoms with van der Waals surface area (Å²) in [6, 6.07) is 15.0. The van der Waals surface area contributed by atoms with Crippen LogP contribution in [0, 0.1) is 5.82 Å². The zero-order chi connectivity index (χ0) is 21.8. The summed E-state index contributed by atoms with van der Waals surface area (Å²) in [6.45, 7) is 0.154. The molecule has 31 heavy (non-hydrogen) atoms. The Hall–Kier alpha value is -3.72. The van der Waals surface area contributed by atoms with Crippen LogP contribution >= 0.6 is 11.8 Å². The maximum absolute atomic E-state index is 13.0. The summed E-state index contributed by atoms with van der Waals surface area (Å²) in [7, 11) is 0. The van der Waals surface area contributed by atoms with E-state index in [1.807, 2.05) is 30.3 Å². The van der Waals surface area contributed by atoms with E-state index < -0.39 is 11.1 Å². The van der Waals surface area contributed by atoms with Crippen molar-refractivity contribution in [3.8, 4) is 5.69 Å². The Bertz CT molecular complexity index is 1160. The summed E-state index contributed by atoms with van der Waals surface area (Å²) in [4.78, 5) is 38.4. The van der Waals surface area contributed by atoms with Gasteiger partial charge < -0.3 is 5.32 Å². The van der Waals surface area contributed by atoms with Crippen molar-refractivity contribution in [2.45, 2.75) is 0 Å². The summed E-state index contributed by atoms with van der Waals surface area (Å²) >= 11 is 0.816. The van der Waals surface area contributed by atoms with Crippen LogP contribution in [0.3, 0.4) is 0 Å². The third-order valence-corrected chi connectivity index (χ3v) is 5.44. The van der Waals surface area contributed by atoms with Gasteiger partial charge in [-0.25, -0.2) is 9.07 Å². The Labute approximate surface area is 181 Å². The third-order valence-electron chi connectivity index (χ3n) is 4.53. The molecule has 4 rings (SSSR count). The molecule has 156 valence electrons. The van der Waals surface area contributed by atoms with E-state index in [4.69, 9.17) is 0 Å². The predicted molar refractivity (Wildman–Crippen MR) is 115 cm³/mol. The summed E-state index contributed by atoms with van der Waals surface area (Å²) in [5.74, 6) is -1.17. The number of nitrogens with zero attached hydrogens (tertiary/aromatic N) is 3. The van der Waals surface area contributed by atoms with Crippen molar-refractivity contribution < 1.29 is 18.8 Å². The summed E-state index contributed by atoms with van der Waals surface area (Å²) in [5, 5.41) is 6.46. The van der Waals surface area contributed by atoms with E-state index in [-0.39, 0.29) is 29.7 Å². The normalized spacial score (nSPS) is 15.0. The minimum absolute atomic E-state index is 0.0456. The quantitative estimate of drug-likeness (QED) is 0.598. The van der Waals surface area contributed by atoms with Gasteiger partial charge in [-0.3, -0.25) is 19.3 Å². The Kier molecular flexibility index (Phi) is 5.94. The van der Waals surface area contributed by atoms with Crippen LogP contribution in [-0.2, 0) is 4.79 Å². The van der Waals surface area contributed by atoms with Crippen LogP contribution < -0.4 is 5.32 Å². The van der Waals surface area contributed by atoms with Gasteiger partial charge >= 0.3 is 0 Å². The van der Waals surface area contributed by atoms with Gasteiger partial charge in [0.1, 0.15) is 5.82 Å². The van der Waals surface area contributed by atoms with Crippen LogP contribution in [0.1, 0.15) is 15.9 Å². The van der Waals surface area contributed by atoms with Crippen molar-refractivity contribution >= 4 is 34.9 Å². The summed E-state index contributed by atoms with van der Waals surface area (Å²) in [5.41, 5.74) is 1.82. The van der Waals surface area contributed by atoms with Crippen molar-refractivity contribution in [2.75, 3.05) is 13.1 Å². The second-order valence-corrected chi connectivity index (χ2v) is 7.64. The van der Waals surface area contributed by atoms with E-state index in [2.05, 4.69) is 10.4 Å². The van der Waals surface area contributed by atoms with Gasteiger partial charge in [0, 0.05) is 19.3 Å². The zero-order valence-electron chi connectivity index (χ0n) is 16.2. The van der Waals surface area contributed by atoms with Crippen LogP contribution in [0.2, 0.25) is 0 Å². The van der Waals surface area contributed by atoms with Gasteiger partial charge in [0.25, 0.3) is 17.1 Å². The lowest BCUT2D eigenvalue weighted by molar-refractivity contribution is -0.122. The van der Waals surface area contributed by atoms with E-state index in [1.165, 1.54) is 30.5 Å². The first-order valence-corrected chi connectivity index (χ1v) is 10.2. The van der Waals surface area contributed by atoms with Crippen LogP contribution in [0.5, 0.6) is 0 Å². The topological polar surface area (TPSA) is 84.3 Å². The minimum atomic E-state index is -0.439. The second-order valence-electron chi connectivity index (χ2n) is 6.65. The molecule has 3 aromatic rings. The van der Waals surface area contributed by atoms with Crippen LogP contribution in [-0.4, -0.2) is 44.8 Å². The number of carbonyl (C=O) groups excluding carboxylic acids is 3. The van der Waals surface area contributed by atoms with Gasteiger partial charge in [0.2, 0.25) is 0 Å². The standard InChI is InChI=1S/C22H17FN4O3S/c23-17-8-6-15(7-9-17)12-19-21(29)26(22(30)31-19)11-10-24-20(28)16-13-25-27(14-16)18-4-2-1-3-5-18/h1-9,12-14H,10-11H2,(H,24,28)/b19-12-. The molecule has 7 nitrogen and oxygen atoms in total. The fraction of sp³-hybridized carbons (Fsp3) is 0.0909. The highest BCUT2D eigenvalue weighted by molar-refractivity contribution is 8.18. The number of aromatic nitrogens is 2. The predicted octanol–water partition coefficient (Wildman–Crippen LogP) is 3.48. The van der Waals surface area contributed by atoms with E-state index in [1.54, 1.807) is 17.0 Å². The molecule has 1 aromatic heterocycles. The molecule has 2 aromatic carbocycles. The van der Waals surface area contributed by atoms with Crippen molar-refractivity contribution in [2.24, 2.45) is 0 Å². The lowest BCUT2D eigenvalue weighted by atomic mass is 10.2. The maximum Gasteiger partial charge on any atom is 0.293 e. The number of benzene rings is 2. The minimum Gasteiger partial charge on any atom is -0.350 e. The largest absolute Gasteiger partial charge is 0.350 e. The highest BCUT2D eigenvalue weighted by Gasteiger charge is 2.34. The summed E-state index contributed by atoms with van der Waals surface area (Å²) < 4.78 is 14.6. The molecule has 0 aliphatic carbocycles. The smallest absolute Gasteiger partial charge is 0.293 e. The number of hydrogen-bond donors (Lipinski definition) is 1. The number of rotatable bonds is 6. The monoisotopic (exact) mass is 436 g/mol. The van der Waals surface area contributed by atoms with Gasteiger partial charge in [-0.2, -0.15) is 5.10 Å². The molecule has 1 N–H and O–H groups in total. The SMILES string of the molecule is O=C(NCCN1C(=O)S/C(=C\c2ccc(F)cc2)C1=O)c1cnn(-c2ccccc2)c1. The summed E-state index contributed by atoms with van der Waals surface area (Å²) in [6.07, 6.45) is 4.60. The number of nitrogens with one attached hydrogen (secondary N) is 1. The fourth-order valence-electron chi connectivity index (χ4n) is 2.95. The maximum atomic E-state index is 13.0. The molecule has 0 bridgehead atoms. The molecule has 2 heterocycles. The number of amides is 3. The molecule has 1 aliphatic heterocycles. The van der Waals surface area contributed by atoms with Crippen molar-refractivity contribution in [3.05, 3.63) is 88.8 Å². The van der Waals surface area contributed by atoms with Gasteiger partial charge in [0.05, 0.1) is 22.4 Å². The first-order chi connectivity index (χ1) is 15.0. The number of carbonyl (C=O) groups is 3.